The highest BCUT2D eigenvalue weighted by atomic mass is 16.1. The van der Waals surface area contributed by atoms with Gasteiger partial charge in [0.1, 0.15) is 0 Å². The predicted octanol–water partition coefficient (Wildman–Crippen LogP) is 5.56. The smallest absolute Gasteiger partial charge is 0.178 e. The Kier molecular flexibility index (Phi) is 4.92. The van der Waals surface area contributed by atoms with Gasteiger partial charge in [-0.1, -0.05) is 86.0 Å². The maximum absolute atomic E-state index is 12.9. The molecule has 2 aromatic rings. The normalized spacial score (nSPS) is 19.4. The van der Waals surface area contributed by atoms with E-state index in [0.717, 1.165) is 12.1 Å². The van der Waals surface area contributed by atoms with E-state index >= 15 is 0 Å². The van der Waals surface area contributed by atoms with Crippen LogP contribution in [0.2, 0.25) is 0 Å². The number of ketones is 1. The molecule has 1 spiro atoms. The molecule has 134 valence electrons. The fraction of sp³-hybridized carbons (Fsp3) is 0.375. The molecule has 2 heteroatoms. The van der Waals surface area contributed by atoms with Gasteiger partial charge in [0.05, 0.1) is 11.7 Å². The van der Waals surface area contributed by atoms with Crippen molar-refractivity contribution >= 4 is 5.78 Å². The summed E-state index contributed by atoms with van der Waals surface area (Å²) in [5, 5.41) is 3.57. The molecule has 26 heavy (non-hydrogen) atoms. The SMILES string of the molecule is O=C1CC2(CC=C1NC(c1ccccc1)c1ccccc1)CCCCC2. The topological polar surface area (TPSA) is 29.1 Å². The molecule has 0 aromatic heterocycles. The van der Waals surface area contributed by atoms with E-state index in [1.165, 1.54) is 43.2 Å². The van der Waals surface area contributed by atoms with Gasteiger partial charge in [0, 0.05) is 6.42 Å². The Morgan fingerprint density at radius 3 is 1.92 bits per heavy atom. The lowest BCUT2D eigenvalue weighted by atomic mass is 9.66. The van der Waals surface area contributed by atoms with E-state index in [-0.39, 0.29) is 17.2 Å². The summed E-state index contributed by atoms with van der Waals surface area (Å²) in [5.74, 6) is 0.287. The van der Waals surface area contributed by atoms with Gasteiger partial charge in [-0.3, -0.25) is 4.79 Å². The summed E-state index contributed by atoms with van der Waals surface area (Å²) in [6, 6.07) is 20.8. The largest absolute Gasteiger partial charge is 0.372 e. The van der Waals surface area contributed by atoms with Gasteiger partial charge < -0.3 is 5.32 Å². The summed E-state index contributed by atoms with van der Waals surface area (Å²) in [5.41, 5.74) is 3.42. The number of allylic oxidation sites excluding steroid dienone is 2. The lowest BCUT2D eigenvalue weighted by molar-refractivity contribution is -0.119. The summed E-state index contributed by atoms with van der Waals surface area (Å²) < 4.78 is 0. The summed E-state index contributed by atoms with van der Waals surface area (Å²) >= 11 is 0. The molecule has 0 aliphatic heterocycles. The average Bonchev–Trinajstić information content (AvgIpc) is 2.69. The second-order valence-corrected chi connectivity index (χ2v) is 7.88. The number of carbonyl (C=O) groups is 1. The van der Waals surface area contributed by atoms with E-state index < -0.39 is 0 Å². The van der Waals surface area contributed by atoms with Crippen molar-refractivity contribution in [2.75, 3.05) is 0 Å². The first-order chi connectivity index (χ1) is 12.8. The van der Waals surface area contributed by atoms with Crippen LogP contribution in [0.3, 0.4) is 0 Å². The minimum Gasteiger partial charge on any atom is -0.372 e. The van der Waals surface area contributed by atoms with Crippen LogP contribution >= 0.6 is 0 Å². The van der Waals surface area contributed by atoms with Gasteiger partial charge in [-0.15, -0.1) is 0 Å². The lowest BCUT2D eigenvalue weighted by Gasteiger charge is -2.39. The summed E-state index contributed by atoms with van der Waals surface area (Å²) in [6.07, 6.45) is 10.2. The molecular weight excluding hydrogens is 318 g/mol. The average molecular weight is 345 g/mol. The molecule has 1 fully saturated rings. The number of hydrogen-bond acceptors (Lipinski definition) is 2. The van der Waals surface area contributed by atoms with Crippen LogP contribution in [0.1, 0.15) is 62.1 Å². The molecule has 1 N–H and O–H groups in total. The van der Waals surface area contributed by atoms with Crippen LogP contribution in [0.15, 0.2) is 72.4 Å². The second-order valence-electron chi connectivity index (χ2n) is 7.88. The summed E-state index contributed by atoms with van der Waals surface area (Å²) in [6.45, 7) is 0. The van der Waals surface area contributed by atoms with Crippen molar-refractivity contribution in [1.29, 1.82) is 0 Å². The van der Waals surface area contributed by atoms with Crippen LogP contribution in [-0.2, 0) is 4.79 Å². The van der Waals surface area contributed by atoms with Crippen molar-refractivity contribution in [3.8, 4) is 0 Å². The first-order valence-electron chi connectivity index (χ1n) is 9.86. The van der Waals surface area contributed by atoms with Crippen LogP contribution in [-0.4, -0.2) is 5.78 Å². The van der Waals surface area contributed by atoms with Gasteiger partial charge in [-0.2, -0.15) is 0 Å². The number of Topliss-reactive ketones (excluding diaryl/α,β-unsaturated/α-hetero) is 1. The highest BCUT2D eigenvalue weighted by Gasteiger charge is 2.37. The van der Waals surface area contributed by atoms with Gasteiger partial charge in [-0.05, 0) is 35.8 Å². The van der Waals surface area contributed by atoms with Crippen molar-refractivity contribution in [3.63, 3.8) is 0 Å². The van der Waals surface area contributed by atoms with E-state index in [0.29, 0.717) is 6.42 Å². The third kappa shape index (κ3) is 3.60. The number of rotatable bonds is 4. The third-order valence-corrected chi connectivity index (χ3v) is 6.06. The van der Waals surface area contributed by atoms with Crippen LogP contribution in [0.4, 0.5) is 0 Å². The fourth-order valence-corrected chi connectivity index (χ4v) is 4.57. The van der Waals surface area contributed by atoms with E-state index in [4.69, 9.17) is 0 Å². The molecule has 0 saturated heterocycles. The summed E-state index contributed by atoms with van der Waals surface area (Å²) in [7, 11) is 0. The first kappa shape index (κ1) is 17.1. The Labute approximate surface area is 156 Å². The molecule has 2 nitrogen and oxygen atoms in total. The standard InChI is InChI=1S/C24H27NO/c26-22-18-24(15-8-3-9-16-24)17-14-21(22)25-23(19-10-4-1-5-11-19)20-12-6-2-7-13-20/h1-2,4-7,10-14,23,25H,3,8-9,15-18H2. The number of benzene rings is 2. The predicted molar refractivity (Wildman–Crippen MR) is 106 cm³/mol. The quantitative estimate of drug-likeness (QED) is 0.785. The van der Waals surface area contributed by atoms with E-state index in [1.54, 1.807) is 0 Å². The van der Waals surface area contributed by atoms with Gasteiger partial charge in [-0.25, -0.2) is 0 Å². The molecule has 2 aliphatic rings. The lowest BCUT2D eigenvalue weighted by Crippen LogP contribution is -2.35. The van der Waals surface area contributed by atoms with Gasteiger partial charge in [0.15, 0.2) is 5.78 Å². The van der Waals surface area contributed by atoms with E-state index in [1.807, 2.05) is 12.1 Å². The maximum Gasteiger partial charge on any atom is 0.178 e. The number of carbonyl (C=O) groups excluding carboxylic acids is 1. The molecule has 0 bridgehead atoms. The van der Waals surface area contributed by atoms with Gasteiger partial charge in [0.2, 0.25) is 0 Å². The Morgan fingerprint density at radius 2 is 1.38 bits per heavy atom. The van der Waals surface area contributed by atoms with Crippen molar-refractivity contribution in [3.05, 3.63) is 83.6 Å². The molecule has 2 aromatic carbocycles. The minimum atomic E-state index is 0.00741. The molecule has 0 amide bonds. The minimum absolute atomic E-state index is 0.00741. The fourth-order valence-electron chi connectivity index (χ4n) is 4.57. The van der Waals surface area contributed by atoms with Crippen LogP contribution in [0, 0.1) is 5.41 Å². The zero-order valence-corrected chi connectivity index (χ0v) is 15.3. The summed E-state index contributed by atoms with van der Waals surface area (Å²) in [4.78, 5) is 12.9. The van der Waals surface area contributed by atoms with Crippen molar-refractivity contribution in [1.82, 2.24) is 5.32 Å². The van der Waals surface area contributed by atoms with Crippen LogP contribution < -0.4 is 5.32 Å². The molecule has 0 unspecified atom stereocenters. The maximum atomic E-state index is 12.9. The molecule has 0 heterocycles. The highest BCUT2D eigenvalue weighted by Crippen LogP contribution is 2.45. The molecule has 2 aliphatic carbocycles. The zero-order chi connectivity index (χ0) is 17.8. The van der Waals surface area contributed by atoms with Crippen LogP contribution in [0.25, 0.3) is 0 Å². The number of nitrogens with one attached hydrogen (secondary N) is 1. The number of hydrogen-bond donors (Lipinski definition) is 1. The Balaban J connectivity index is 1.59. The monoisotopic (exact) mass is 345 g/mol. The van der Waals surface area contributed by atoms with Gasteiger partial charge in [0.25, 0.3) is 0 Å². The third-order valence-electron chi connectivity index (χ3n) is 6.06. The Hall–Kier alpha value is -2.35. The van der Waals surface area contributed by atoms with E-state index in [2.05, 4.69) is 59.9 Å². The Morgan fingerprint density at radius 1 is 0.808 bits per heavy atom. The molecule has 4 rings (SSSR count). The second kappa shape index (κ2) is 7.49. The molecule has 0 radical (unpaired) electrons. The molecule has 0 atom stereocenters. The van der Waals surface area contributed by atoms with Crippen molar-refractivity contribution in [2.24, 2.45) is 5.41 Å². The van der Waals surface area contributed by atoms with Gasteiger partial charge >= 0.3 is 0 Å². The highest BCUT2D eigenvalue weighted by molar-refractivity contribution is 5.96. The van der Waals surface area contributed by atoms with Crippen molar-refractivity contribution < 1.29 is 4.79 Å². The van der Waals surface area contributed by atoms with Crippen LogP contribution in [0.5, 0.6) is 0 Å². The van der Waals surface area contributed by atoms with E-state index in [9.17, 15) is 4.79 Å². The first-order valence-corrected chi connectivity index (χ1v) is 9.86. The molecule has 1 saturated carbocycles. The Bertz CT molecular complexity index is 733. The molecular formula is C24H27NO. The van der Waals surface area contributed by atoms with Crippen molar-refractivity contribution in [2.45, 2.75) is 51.0 Å². The zero-order valence-electron chi connectivity index (χ0n) is 15.3.